The van der Waals surface area contributed by atoms with Gasteiger partial charge in [-0.05, 0) is 36.8 Å². The number of carbonyl (C=O) groups is 1. The first-order chi connectivity index (χ1) is 10.2. The molecule has 3 aromatic rings. The summed E-state index contributed by atoms with van der Waals surface area (Å²) >= 11 is 0. The first kappa shape index (κ1) is 13.2. The number of aryl methyl sites for hydroxylation is 1. The zero-order valence-corrected chi connectivity index (χ0v) is 11.8. The van der Waals surface area contributed by atoms with Crippen LogP contribution in [0.1, 0.15) is 16.1 Å². The summed E-state index contributed by atoms with van der Waals surface area (Å²) in [5.41, 5.74) is 2.40. The highest BCUT2D eigenvalue weighted by molar-refractivity contribution is 6.05. The number of methoxy groups -OCH3 is 1. The number of hydrogen-bond acceptors (Lipinski definition) is 3. The summed E-state index contributed by atoms with van der Waals surface area (Å²) < 4.78 is 10.8. The maximum Gasteiger partial charge on any atom is 0.291 e. The predicted molar refractivity (Wildman–Crippen MR) is 81.9 cm³/mol. The Balaban J connectivity index is 1.91. The molecule has 0 atom stereocenters. The molecule has 0 saturated heterocycles. The molecular weight excluding hydrogens is 266 g/mol. The van der Waals surface area contributed by atoms with E-state index in [2.05, 4.69) is 5.32 Å². The molecule has 1 N–H and O–H groups in total. The Hall–Kier alpha value is -2.75. The molecule has 0 saturated carbocycles. The van der Waals surface area contributed by atoms with E-state index in [4.69, 9.17) is 9.15 Å². The Morgan fingerprint density at radius 3 is 2.71 bits per heavy atom. The number of hydrogen-bond donors (Lipinski definition) is 1. The van der Waals surface area contributed by atoms with E-state index in [9.17, 15) is 4.79 Å². The second kappa shape index (κ2) is 5.32. The van der Waals surface area contributed by atoms with Crippen LogP contribution in [0.15, 0.2) is 52.9 Å². The number of carbonyl (C=O) groups excluding carboxylic acids is 1. The first-order valence-corrected chi connectivity index (χ1v) is 6.62. The molecule has 0 aliphatic heterocycles. The lowest BCUT2D eigenvalue weighted by Gasteiger charge is -2.03. The van der Waals surface area contributed by atoms with Crippen LogP contribution in [-0.4, -0.2) is 13.0 Å². The van der Waals surface area contributed by atoms with Crippen molar-refractivity contribution < 1.29 is 13.9 Å². The van der Waals surface area contributed by atoms with Gasteiger partial charge in [0, 0.05) is 11.1 Å². The smallest absolute Gasteiger partial charge is 0.291 e. The summed E-state index contributed by atoms with van der Waals surface area (Å²) in [6.07, 6.45) is 0. The number of fused-ring (bicyclic) bond motifs is 1. The van der Waals surface area contributed by atoms with Crippen LogP contribution in [0, 0.1) is 6.92 Å². The molecular formula is C17H15NO3. The fourth-order valence-electron chi connectivity index (χ4n) is 2.22. The third-order valence-electron chi connectivity index (χ3n) is 3.23. The minimum Gasteiger partial charge on any atom is -0.493 e. The van der Waals surface area contributed by atoms with Gasteiger partial charge in [-0.25, -0.2) is 0 Å². The molecule has 0 bridgehead atoms. The highest BCUT2D eigenvalue weighted by Crippen LogP contribution is 2.28. The normalized spacial score (nSPS) is 10.6. The second-order valence-electron chi connectivity index (χ2n) is 4.81. The second-order valence-corrected chi connectivity index (χ2v) is 4.81. The van der Waals surface area contributed by atoms with Crippen molar-refractivity contribution in [3.63, 3.8) is 0 Å². The predicted octanol–water partition coefficient (Wildman–Crippen LogP) is 4.00. The average Bonchev–Trinajstić information content (AvgIpc) is 2.91. The van der Waals surface area contributed by atoms with Crippen molar-refractivity contribution in [3.8, 4) is 5.75 Å². The van der Waals surface area contributed by atoms with Crippen LogP contribution < -0.4 is 10.1 Å². The molecule has 1 amide bonds. The van der Waals surface area contributed by atoms with Crippen molar-refractivity contribution in [3.05, 3.63) is 59.9 Å². The van der Waals surface area contributed by atoms with Gasteiger partial charge < -0.3 is 14.5 Å². The van der Waals surface area contributed by atoms with Crippen molar-refractivity contribution in [1.29, 1.82) is 0 Å². The van der Waals surface area contributed by atoms with E-state index in [1.54, 1.807) is 19.2 Å². The molecule has 106 valence electrons. The van der Waals surface area contributed by atoms with Crippen molar-refractivity contribution in [2.75, 3.05) is 12.4 Å². The first-order valence-electron chi connectivity index (χ1n) is 6.62. The van der Waals surface area contributed by atoms with E-state index in [0.717, 1.165) is 16.6 Å². The molecule has 1 aromatic heterocycles. The Kier molecular flexibility index (Phi) is 3.36. The molecule has 0 fully saturated rings. The Bertz CT molecular complexity index is 805. The van der Waals surface area contributed by atoms with E-state index in [1.807, 2.05) is 43.3 Å². The van der Waals surface area contributed by atoms with E-state index in [-0.39, 0.29) is 11.7 Å². The zero-order valence-electron chi connectivity index (χ0n) is 11.8. The van der Waals surface area contributed by atoms with E-state index >= 15 is 0 Å². The quantitative estimate of drug-likeness (QED) is 0.789. The average molecular weight is 281 g/mol. The zero-order chi connectivity index (χ0) is 14.8. The number of para-hydroxylation sites is 1. The molecule has 0 aliphatic carbocycles. The standard InChI is InChI=1S/C17H15NO3/c1-11-5-3-7-13(9-11)18-17(19)15-10-12-6-4-8-14(20-2)16(12)21-15/h3-10H,1-2H3,(H,18,19). The van der Waals surface area contributed by atoms with Crippen molar-refractivity contribution in [1.82, 2.24) is 0 Å². The third kappa shape index (κ3) is 2.60. The maximum atomic E-state index is 12.2. The minimum atomic E-state index is -0.279. The molecule has 1 heterocycles. The van der Waals surface area contributed by atoms with Crippen LogP contribution in [0.4, 0.5) is 5.69 Å². The number of rotatable bonds is 3. The molecule has 21 heavy (non-hydrogen) atoms. The molecule has 0 aliphatic rings. The summed E-state index contributed by atoms with van der Waals surface area (Å²) in [5.74, 6) is 0.594. The summed E-state index contributed by atoms with van der Waals surface area (Å²) in [6.45, 7) is 1.97. The molecule has 2 aromatic carbocycles. The van der Waals surface area contributed by atoms with Crippen LogP contribution in [0.5, 0.6) is 5.75 Å². The largest absolute Gasteiger partial charge is 0.493 e. The lowest BCUT2D eigenvalue weighted by molar-refractivity contribution is 0.0998. The van der Waals surface area contributed by atoms with Gasteiger partial charge in [0.1, 0.15) is 0 Å². The molecule has 4 nitrogen and oxygen atoms in total. The fourth-order valence-corrected chi connectivity index (χ4v) is 2.22. The lowest BCUT2D eigenvalue weighted by atomic mass is 10.2. The Morgan fingerprint density at radius 2 is 1.95 bits per heavy atom. The number of benzene rings is 2. The van der Waals surface area contributed by atoms with Crippen LogP contribution in [0.25, 0.3) is 11.0 Å². The molecule has 0 radical (unpaired) electrons. The van der Waals surface area contributed by atoms with Crippen LogP contribution >= 0.6 is 0 Å². The highest BCUT2D eigenvalue weighted by atomic mass is 16.5. The van der Waals surface area contributed by atoms with E-state index in [0.29, 0.717) is 11.3 Å². The summed E-state index contributed by atoms with van der Waals surface area (Å²) in [5, 5.41) is 3.66. The summed E-state index contributed by atoms with van der Waals surface area (Å²) in [4.78, 5) is 12.2. The van der Waals surface area contributed by atoms with Gasteiger partial charge in [0.15, 0.2) is 17.1 Å². The van der Waals surface area contributed by atoms with Gasteiger partial charge in [0.25, 0.3) is 5.91 Å². The van der Waals surface area contributed by atoms with Gasteiger partial charge in [0.05, 0.1) is 7.11 Å². The number of amides is 1. The highest BCUT2D eigenvalue weighted by Gasteiger charge is 2.14. The molecule has 0 unspecified atom stereocenters. The van der Waals surface area contributed by atoms with E-state index < -0.39 is 0 Å². The number of nitrogens with one attached hydrogen (secondary N) is 1. The van der Waals surface area contributed by atoms with Crippen LogP contribution in [0.2, 0.25) is 0 Å². The van der Waals surface area contributed by atoms with Crippen LogP contribution in [0.3, 0.4) is 0 Å². The number of anilines is 1. The Labute approximate surface area is 122 Å². The van der Waals surface area contributed by atoms with Gasteiger partial charge in [-0.2, -0.15) is 0 Å². The van der Waals surface area contributed by atoms with Crippen molar-refractivity contribution >= 4 is 22.6 Å². The molecule has 0 spiro atoms. The third-order valence-corrected chi connectivity index (χ3v) is 3.23. The number of furan rings is 1. The molecule has 4 heteroatoms. The lowest BCUT2D eigenvalue weighted by Crippen LogP contribution is -2.10. The topological polar surface area (TPSA) is 51.5 Å². The van der Waals surface area contributed by atoms with Gasteiger partial charge >= 0.3 is 0 Å². The van der Waals surface area contributed by atoms with Gasteiger partial charge in [0.2, 0.25) is 0 Å². The van der Waals surface area contributed by atoms with Gasteiger partial charge in [-0.1, -0.05) is 24.3 Å². The fraction of sp³-hybridized carbons (Fsp3) is 0.118. The summed E-state index contributed by atoms with van der Waals surface area (Å²) in [6, 6.07) is 14.9. The summed E-state index contributed by atoms with van der Waals surface area (Å²) in [7, 11) is 1.57. The van der Waals surface area contributed by atoms with Crippen LogP contribution in [-0.2, 0) is 0 Å². The van der Waals surface area contributed by atoms with E-state index in [1.165, 1.54) is 0 Å². The van der Waals surface area contributed by atoms with Gasteiger partial charge in [-0.3, -0.25) is 4.79 Å². The van der Waals surface area contributed by atoms with Crippen molar-refractivity contribution in [2.45, 2.75) is 6.92 Å². The molecule has 3 rings (SSSR count). The van der Waals surface area contributed by atoms with Gasteiger partial charge in [-0.15, -0.1) is 0 Å². The Morgan fingerprint density at radius 1 is 1.14 bits per heavy atom. The minimum absolute atomic E-state index is 0.260. The SMILES string of the molecule is COc1cccc2cc(C(=O)Nc3cccc(C)c3)oc12. The maximum absolute atomic E-state index is 12.2. The van der Waals surface area contributed by atoms with Crippen molar-refractivity contribution in [2.24, 2.45) is 0 Å². The number of ether oxygens (including phenoxy) is 1. The monoisotopic (exact) mass is 281 g/mol.